The molecule has 0 aliphatic rings. The van der Waals surface area contributed by atoms with Gasteiger partial charge in [0, 0.05) is 27.5 Å². The molecule has 0 fully saturated rings. The van der Waals surface area contributed by atoms with Gasteiger partial charge in [0.2, 0.25) is 0 Å². The number of fused-ring (bicyclic) bond motifs is 4. The van der Waals surface area contributed by atoms with Crippen LogP contribution in [0.25, 0.3) is 100 Å². The number of hydrogen-bond acceptors (Lipinski definition) is 4. The highest BCUT2D eigenvalue weighted by Crippen LogP contribution is 2.41. The average Bonchev–Trinajstić information content (AvgIpc) is 3.63. The molecule has 2 aromatic heterocycles. The Morgan fingerprint density at radius 3 is 1.45 bits per heavy atom. The molecule has 53 heavy (non-hydrogen) atoms. The summed E-state index contributed by atoms with van der Waals surface area (Å²) < 4.78 is 6.27. The van der Waals surface area contributed by atoms with Crippen LogP contribution in [0.15, 0.2) is 192 Å². The molecule has 0 aliphatic carbocycles. The van der Waals surface area contributed by atoms with Crippen molar-refractivity contribution >= 4 is 32.7 Å². The zero-order chi connectivity index (χ0) is 35.1. The van der Waals surface area contributed by atoms with Crippen LogP contribution >= 0.6 is 0 Å². The maximum absolute atomic E-state index is 6.27. The topological polar surface area (TPSA) is 51.8 Å². The van der Waals surface area contributed by atoms with Crippen LogP contribution in [0.5, 0.6) is 0 Å². The van der Waals surface area contributed by atoms with E-state index < -0.39 is 0 Å². The van der Waals surface area contributed by atoms with E-state index in [1.54, 1.807) is 0 Å². The van der Waals surface area contributed by atoms with Crippen molar-refractivity contribution in [3.63, 3.8) is 0 Å². The fourth-order valence-electron chi connectivity index (χ4n) is 7.48. The Kier molecular flexibility index (Phi) is 7.43. The summed E-state index contributed by atoms with van der Waals surface area (Å²) in [7, 11) is 0. The smallest absolute Gasteiger partial charge is 0.164 e. The van der Waals surface area contributed by atoms with Gasteiger partial charge in [-0.05, 0) is 68.4 Å². The molecule has 0 radical (unpaired) electrons. The Bertz CT molecular complexity index is 2940. The minimum absolute atomic E-state index is 0.594. The third-order valence-electron chi connectivity index (χ3n) is 9.98. The van der Waals surface area contributed by atoms with Gasteiger partial charge in [0.1, 0.15) is 11.2 Å². The first-order chi connectivity index (χ1) is 26.3. The minimum Gasteiger partial charge on any atom is -0.456 e. The van der Waals surface area contributed by atoms with Crippen LogP contribution in [0.2, 0.25) is 0 Å². The van der Waals surface area contributed by atoms with Crippen LogP contribution in [0.4, 0.5) is 0 Å². The number of hydrogen-bond donors (Lipinski definition) is 0. The maximum atomic E-state index is 6.27. The summed E-state index contributed by atoms with van der Waals surface area (Å²) in [6.45, 7) is 0. The number of rotatable bonds is 6. The summed E-state index contributed by atoms with van der Waals surface area (Å²) in [5.74, 6) is 1.81. The van der Waals surface area contributed by atoms with Gasteiger partial charge < -0.3 is 4.42 Å². The van der Waals surface area contributed by atoms with Crippen LogP contribution in [0.3, 0.4) is 0 Å². The van der Waals surface area contributed by atoms with Crippen LogP contribution in [0, 0.1) is 0 Å². The largest absolute Gasteiger partial charge is 0.456 e. The molecule has 248 valence electrons. The van der Waals surface area contributed by atoms with Gasteiger partial charge in [0.15, 0.2) is 17.5 Å². The predicted molar refractivity (Wildman–Crippen MR) is 217 cm³/mol. The highest BCUT2D eigenvalue weighted by atomic mass is 16.3. The van der Waals surface area contributed by atoms with Crippen molar-refractivity contribution in [3.05, 3.63) is 188 Å². The number of furan rings is 1. The summed E-state index contributed by atoms with van der Waals surface area (Å²) >= 11 is 0. The summed E-state index contributed by atoms with van der Waals surface area (Å²) in [6.07, 6.45) is 0. The maximum Gasteiger partial charge on any atom is 0.164 e. The zero-order valence-corrected chi connectivity index (χ0v) is 28.6. The quantitative estimate of drug-likeness (QED) is 0.176. The van der Waals surface area contributed by atoms with Gasteiger partial charge in [-0.2, -0.15) is 0 Å². The van der Waals surface area contributed by atoms with Crippen LogP contribution in [-0.2, 0) is 0 Å². The summed E-state index contributed by atoms with van der Waals surface area (Å²) in [6, 6.07) is 65.2. The van der Waals surface area contributed by atoms with Crippen LogP contribution in [-0.4, -0.2) is 15.0 Å². The van der Waals surface area contributed by atoms with E-state index in [2.05, 4.69) is 121 Å². The number of aromatic nitrogens is 3. The monoisotopic (exact) mass is 677 g/mol. The molecule has 0 spiro atoms. The predicted octanol–water partition coefficient (Wildman–Crippen LogP) is 12.9. The molecule has 0 saturated heterocycles. The van der Waals surface area contributed by atoms with E-state index in [-0.39, 0.29) is 0 Å². The van der Waals surface area contributed by atoms with Crippen molar-refractivity contribution in [1.82, 2.24) is 15.0 Å². The van der Waals surface area contributed by atoms with Crippen molar-refractivity contribution in [2.45, 2.75) is 0 Å². The molecule has 10 aromatic rings. The first-order valence-corrected chi connectivity index (χ1v) is 17.8. The van der Waals surface area contributed by atoms with E-state index in [9.17, 15) is 0 Å². The van der Waals surface area contributed by atoms with E-state index in [1.807, 2.05) is 66.7 Å². The zero-order valence-electron chi connectivity index (χ0n) is 28.6. The van der Waals surface area contributed by atoms with E-state index >= 15 is 0 Å². The second kappa shape index (κ2) is 12.9. The van der Waals surface area contributed by atoms with Crippen LogP contribution in [0.1, 0.15) is 0 Å². The van der Waals surface area contributed by atoms with Crippen molar-refractivity contribution in [2.24, 2.45) is 0 Å². The van der Waals surface area contributed by atoms with Crippen molar-refractivity contribution in [1.29, 1.82) is 0 Å². The highest BCUT2D eigenvalue weighted by molar-refractivity contribution is 6.12. The van der Waals surface area contributed by atoms with Crippen molar-refractivity contribution in [2.75, 3.05) is 0 Å². The lowest BCUT2D eigenvalue weighted by molar-refractivity contribution is 0.669. The lowest BCUT2D eigenvalue weighted by Crippen LogP contribution is -2.01. The minimum atomic E-state index is 0.594. The number of benzene rings is 8. The van der Waals surface area contributed by atoms with Gasteiger partial charge in [0.25, 0.3) is 0 Å². The molecule has 4 heteroatoms. The summed E-state index contributed by atoms with van der Waals surface area (Å²) in [4.78, 5) is 15.5. The molecule has 0 amide bonds. The molecule has 0 saturated carbocycles. The van der Waals surface area contributed by atoms with Gasteiger partial charge in [-0.1, -0.05) is 164 Å². The van der Waals surface area contributed by atoms with Gasteiger partial charge in [-0.15, -0.1) is 0 Å². The Balaban J connectivity index is 1.20. The van der Waals surface area contributed by atoms with E-state index in [1.165, 1.54) is 27.5 Å². The molecule has 4 nitrogen and oxygen atoms in total. The van der Waals surface area contributed by atoms with E-state index in [0.717, 1.165) is 55.3 Å². The normalized spacial score (nSPS) is 11.4. The Morgan fingerprint density at radius 2 is 0.774 bits per heavy atom. The molecular weight excluding hydrogens is 647 g/mol. The lowest BCUT2D eigenvalue weighted by atomic mass is 9.89. The third kappa shape index (κ3) is 5.45. The molecule has 0 bridgehead atoms. The molecule has 0 N–H and O–H groups in total. The molecular formula is C49H31N3O. The average molecular weight is 678 g/mol. The fraction of sp³-hybridized carbons (Fsp3) is 0. The van der Waals surface area contributed by atoms with Crippen molar-refractivity contribution in [3.8, 4) is 67.5 Å². The van der Waals surface area contributed by atoms with Crippen molar-refractivity contribution < 1.29 is 4.42 Å². The molecule has 0 atom stereocenters. The number of nitrogens with zero attached hydrogens (tertiary/aromatic N) is 3. The van der Waals surface area contributed by atoms with Gasteiger partial charge in [-0.3, -0.25) is 0 Å². The first-order valence-electron chi connectivity index (χ1n) is 17.8. The van der Waals surface area contributed by atoms with E-state index in [0.29, 0.717) is 17.5 Å². The fourth-order valence-corrected chi connectivity index (χ4v) is 7.48. The second-order valence-corrected chi connectivity index (χ2v) is 13.1. The lowest BCUT2D eigenvalue weighted by Gasteiger charge is -2.16. The second-order valence-electron chi connectivity index (χ2n) is 13.1. The highest BCUT2D eigenvalue weighted by Gasteiger charge is 2.20. The Morgan fingerprint density at radius 1 is 0.283 bits per heavy atom. The molecule has 0 unspecified atom stereocenters. The molecule has 0 aliphatic heterocycles. The number of para-hydroxylation sites is 1. The molecule has 2 heterocycles. The third-order valence-corrected chi connectivity index (χ3v) is 9.98. The van der Waals surface area contributed by atoms with Gasteiger partial charge >= 0.3 is 0 Å². The molecule has 8 aromatic carbocycles. The SMILES string of the molecule is c1ccc(-c2nc(-c3ccc(-c4ccc(-c5ccccc5)c5ccccc45)cc3-c3ccccc3)nc(-c3cccc4oc5ccccc5c34)n2)cc1. The molecule has 10 rings (SSSR count). The van der Waals surface area contributed by atoms with E-state index in [4.69, 9.17) is 19.4 Å². The van der Waals surface area contributed by atoms with Gasteiger partial charge in [0.05, 0.1) is 0 Å². The summed E-state index contributed by atoms with van der Waals surface area (Å²) in [5, 5.41) is 4.44. The van der Waals surface area contributed by atoms with Crippen LogP contribution < -0.4 is 0 Å². The Hall–Kier alpha value is -7.17. The standard InChI is InChI=1S/C49H31N3O/c1-4-15-32(16-5-1)36-29-30-37(39-22-11-10-21-38(36)39)35-27-28-40(43(31-35)33-17-6-2-7-18-33)48-50-47(34-19-8-3-9-20-34)51-49(52-48)42-24-14-26-45-46(42)41-23-12-13-25-44(41)53-45/h1-31H. The Labute approximate surface area is 306 Å². The van der Waals surface area contributed by atoms with Gasteiger partial charge in [-0.25, -0.2) is 15.0 Å². The summed E-state index contributed by atoms with van der Waals surface area (Å²) in [5.41, 5.74) is 11.2. The first kappa shape index (κ1) is 30.6.